The number of anilines is 2. The standard InChI is InChI=1S/C14H21N3O3/c1-4-12-9-20-10(2)8-16(12)13-5-11(15-3)6-14(7-13)17(18)19/h5-7,10,12,15H,4,8-9H2,1-3H3. The number of hydrogen-bond acceptors (Lipinski definition) is 5. The van der Waals surface area contributed by atoms with E-state index in [0.29, 0.717) is 6.61 Å². The zero-order valence-corrected chi connectivity index (χ0v) is 12.1. The number of non-ortho nitro benzene ring substituents is 1. The molecule has 1 aromatic rings. The minimum absolute atomic E-state index is 0.112. The summed E-state index contributed by atoms with van der Waals surface area (Å²) in [6, 6.07) is 5.40. The van der Waals surface area contributed by atoms with E-state index >= 15 is 0 Å². The van der Waals surface area contributed by atoms with Crippen LogP contribution in [0.2, 0.25) is 0 Å². The van der Waals surface area contributed by atoms with Crippen LogP contribution in [0.25, 0.3) is 0 Å². The number of hydrogen-bond donors (Lipinski definition) is 1. The monoisotopic (exact) mass is 279 g/mol. The molecule has 0 aromatic heterocycles. The molecule has 2 rings (SSSR count). The third-order valence-electron chi connectivity index (χ3n) is 3.67. The Morgan fingerprint density at radius 3 is 2.85 bits per heavy atom. The molecule has 6 heteroatoms. The third kappa shape index (κ3) is 3.01. The largest absolute Gasteiger partial charge is 0.388 e. The summed E-state index contributed by atoms with van der Waals surface area (Å²) in [4.78, 5) is 12.9. The number of nitro groups is 1. The summed E-state index contributed by atoms with van der Waals surface area (Å²) in [5.41, 5.74) is 1.74. The molecule has 110 valence electrons. The molecule has 20 heavy (non-hydrogen) atoms. The lowest BCUT2D eigenvalue weighted by Crippen LogP contribution is -2.48. The highest BCUT2D eigenvalue weighted by Crippen LogP contribution is 2.30. The van der Waals surface area contributed by atoms with Crippen molar-refractivity contribution in [2.24, 2.45) is 0 Å². The molecule has 1 aromatic carbocycles. The van der Waals surface area contributed by atoms with E-state index in [4.69, 9.17) is 4.74 Å². The predicted octanol–water partition coefficient (Wildman–Crippen LogP) is 2.64. The minimum atomic E-state index is -0.352. The molecule has 0 aliphatic carbocycles. The highest BCUT2D eigenvalue weighted by atomic mass is 16.6. The fourth-order valence-electron chi connectivity index (χ4n) is 2.51. The molecule has 1 saturated heterocycles. The van der Waals surface area contributed by atoms with Crippen molar-refractivity contribution in [3.05, 3.63) is 28.3 Å². The molecule has 1 aliphatic rings. The Kier molecular flexibility index (Phi) is 4.44. The van der Waals surface area contributed by atoms with E-state index in [1.54, 1.807) is 19.2 Å². The van der Waals surface area contributed by atoms with Crippen molar-refractivity contribution in [2.75, 3.05) is 30.4 Å². The molecule has 0 radical (unpaired) electrons. The van der Waals surface area contributed by atoms with E-state index in [9.17, 15) is 10.1 Å². The zero-order chi connectivity index (χ0) is 14.7. The number of benzene rings is 1. The van der Waals surface area contributed by atoms with Gasteiger partial charge in [0.25, 0.3) is 5.69 Å². The topological polar surface area (TPSA) is 67.6 Å². The van der Waals surface area contributed by atoms with E-state index in [2.05, 4.69) is 17.1 Å². The van der Waals surface area contributed by atoms with Crippen LogP contribution in [0.3, 0.4) is 0 Å². The van der Waals surface area contributed by atoms with E-state index in [1.165, 1.54) is 0 Å². The van der Waals surface area contributed by atoms with Gasteiger partial charge in [0.1, 0.15) is 0 Å². The Hall–Kier alpha value is -1.82. The van der Waals surface area contributed by atoms with Crippen molar-refractivity contribution in [1.29, 1.82) is 0 Å². The zero-order valence-electron chi connectivity index (χ0n) is 12.1. The Morgan fingerprint density at radius 1 is 1.50 bits per heavy atom. The van der Waals surface area contributed by atoms with Crippen LogP contribution in [0.4, 0.5) is 17.1 Å². The van der Waals surface area contributed by atoms with Crippen LogP contribution in [-0.2, 0) is 4.74 Å². The van der Waals surface area contributed by atoms with Crippen molar-refractivity contribution < 1.29 is 9.66 Å². The molecule has 0 bridgehead atoms. The van der Waals surface area contributed by atoms with Crippen molar-refractivity contribution in [2.45, 2.75) is 32.4 Å². The van der Waals surface area contributed by atoms with E-state index < -0.39 is 0 Å². The fourth-order valence-corrected chi connectivity index (χ4v) is 2.51. The maximum Gasteiger partial charge on any atom is 0.273 e. The SMILES string of the molecule is CCC1COC(C)CN1c1cc(NC)cc([N+](=O)[O-])c1. The Morgan fingerprint density at radius 2 is 2.25 bits per heavy atom. The highest BCUT2D eigenvalue weighted by Gasteiger charge is 2.27. The lowest BCUT2D eigenvalue weighted by Gasteiger charge is -2.40. The molecule has 0 spiro atoms. The molecule has 1 heterocycles. The lowest BCUT2D eigenvalue weighted by atomic mass is 10.1. The van der Waals surface area contributed by atoms with Gasteiger partial charge in [0.05, 0.1) is 23.7 Å². The van der Waals surface area contributed by atoms with Gasteiger partial charge >= 0.3 is 0 Å². The summed E-state index contributed by atoms with van der Waals surface area (Å²) in [6.45, 7) is 5.54. The molecule has 6 nitrogen and oxygen atoms in total. The van der Waals surface area contributed by atoms with Crippen molar-refractivity contribution in [3.8, 4) is 0 Å². The average molecular weight is 279 g/mol. The van der Waals surface area contributed by atoms with E-state index in [1.807, 2.05) is 13.0 Å². The van der Waals surface area contributed by atoms with Crippen LogP contribution >= 0.6 is 0 Å². The van der Waals surface area contributed by atoms with Crippen molar-refractivity contribution in [3.63, 3.8) is 0 Å². The molecule has 2 unspecified atom stereocenters. The van der Waals surface area contributed by atoms with Crippen LogP contribution in [0.15, 0.2) is 18.2 Å². The molecule has 0 amide bonds. The summed E-state index contributed by atoms with van der Waals surface area (Å²) in [7, 11) is 1.77. The Labute approximate surface area is 118 Å². The van der Waals surface area contributed by atoms with Crippen LogP contribution < -0.4 is 10.2 Å². The number of rotatable bonds is 4. The Balaban J connectivity index is 2.38. The molecular formula is C14H21N3O3. The molecule has 0 saturated carbocycles. The van der Waals surface area contributed by atoms with Gasteiger partial charge in [-0.05, 0) is 19.4 Å². The quantitative estimate of drug-likeness (QED) is 0.678. The summed E-state index contributed by atoms with van der Waals surface area (Å²) < 4.78 is 5.68. The highest BCUT2D eigenvalue weighted by molar-refractivity contribution is 5.65. The van der Waals surface area contributed by atoms with Crippen LogP contribution in [0, 0.1) is 10.1 Å². The first kappa shape index (κ1) is 14.6. The van der Waals surface area contributed by atoms with Gasteiger partial charge in [0.15, 0.2) is 0 Å². The fraction of sp³-hybridized carbons (Fsp3) is 0.571. The third-order valence-corrected chi connectivity index (χ3v) is 3.67. The number of nitrogens with one attached hydrogen (secondary N) is 1. The van der Waals surface area contributed by atoms with Crippen LogP contribution in [0.1, 0.15) is 20.3 Å². The summed E-state index contributed by atoms with van der Waals surface area (Å²) in [6.07, 6.45) is 1.08. The normalized spacial score (nSPS) is 22.6. The number of ether oxygens (including phenoxy) is 1. The van der Waals surface area contributed by atoms with Crippen LogP contribution in [-0.4, -0.2) is 37.3 Å². The van der Waals surface area contributed by atoms with Gasteiger partial charge in [-0.25, -0.2) is 0 Å². The summed E-state index contributed by atoms with van der Waals surface area (Å²) in [5, 5.41) is 14.0. The Bertz CT molecular complexity index is 493. The average Bonchev–Trinajstić information content (AvgIpc) is 2.46. The second kappa shape index (κ2) is 6.09. The molecule has 1 fully saturated rings. The smallest absolute Gasteiger partial charge is 0.273 e. The van der Waals surface area contributed by atoms with Gasteiger partial charge in [-0.2, -0.15) is 0 Å². The van der Waals surface area contributed by atoms with Gasteiger partial charge in [0.2, 0.25) is 0 Å². The first-order valence-corrected chi connectivity index (χ1v) is 6.90. The maximum absolute atomic E-state index is 11.1. The minimum Gasteiger partial charge on any atom is -0.388 e. The molecule has 1 N–H and O–H groups in total. The van der Waals surface area contributed by atoms with Gasteiger partial charge in [0, 0.05) is 37.1 Å². The molecule has 2 atom stereocenters. The van der Waals surface area contributed by atoms with E-state index in [0.717, 1.165) is 24.3 Å². The molecule has 1 aliphatic heterocycles. The number of nitro benzene ring substituents is 1. The summed E-state index contributed by atoms with van der Waals surface area (Å²) in [5.74, 6) is 0. The van der Waals surface area contributed by atoms with Gasteiger partial charge in [-0.15, -0.1) is 0 Å². The molecular weight excluding hydrogens is 258 g/mol. The van der Waals surface area contributed by atoms with Gasteiger partial charge in [-0.1, -0.05) is 6.92 Å². The van der Waals surface area contributed by atoms with E-state index in [-0.39, 0.29) is 22.8 Å². The second-order valence-corrected chi connectivity index (χ2v) is 5.10. The van der Waals surface area contributed by atoms with Crippen molar-refractivity contribution >= 4 is 17.1 Å². The second-order valence-electron chi connectivity index (χ2n) is 5.10. The van der Waals surface area contributed by atoms with Crippen LogP contribution in [0.5, 0.6) is 0 Å². The first-order chi connectivity index (χ1) is 9.55. The number of nitrogens with zero attached hydrogens (tertiary/aromatic N) is 2. The van der Waals surface area contributed by atoms with Gasteiger partial charge in [-0.3, -0.25) is 10.1 Å². The summed E-state index contributed by atoms with van der Waals surface area (Å²) >= 11 is 0. The first-order valence-electron chi connectivity index (χ1n) is 6.90. The lowest BCUT2D eigenvalue weighted by molar-refractivity contribution is -0.384. The van der Waals surface area contributed by atoms with Gasteiger partial charge < -0.3 is 15.0 Å². The maximum atomic E-state index is 11.1. The number of morpholine rings is 1. The van der Waals surface area contributed by atoms with Crippen molar-refractivity contribution in [1.82, 2.24) is 0 Å². The predicted molar refractivity (Wildman–Crippen MR) is 79.5 cm³/mol.